The van der Waals surface area contributed by atoms with Gasteiger partial charge in [-0.1, -0.05) is 0 Å². The Labute approximate surface area is 102 Å². The fraction of sp³-hybridized carbons (Fsp3) is 0.400. The van der Waals surface area contributed by atoms with E-state index in [1.165, 1.54) is 25.3 Å². The highest BCUT2D eigenvalue weighted by molar-refractivity contribution is 7.99. The van der Waals surface area contributed by atoms with Crippen LogP contribution in [0.3, 0.4) is 0 Å². The Kier molecular flexibility index (Phi) is 5.20. The van der Waals surface area contributed by atoms with Crippen molar-refractivity contribution in [2.75, 3.05) is 19.5 Å². The highest BCUT2D eigenvalue weighted by Crippen LogP contribution is 2.32. The number of nitro benzene ring substituents is 1. The first-order valence-electron chi connectivity index (χ1n) is 4.82. The van der Waals surface area contributed by atoms with Crippen LogP contribution in [0.25, 0.3) is 0 Å². The van der Waals surface area contributed by atoms with Gasteiger partial charge in [-0.2, -0.15) is 0 Å². The quantitative estimate of drug-likeness (QED) is 0.450. The second-order valence-corrected chi connectivity index (χ2v) is 4.30. The monoisotopic (exact) mass is 259 g/mol. The fourth-order valence-corrected chi connectivity index (χ4v) is 2.09. The maximum absolute atomic E-state index is 10.8. The number of aliphatic hydroxyl groups excluding tert-OH is 2. The summed E-state index contributed by atoms with van der Waals surface area (Å²) in [7, 11) is 1.47. The lowest BCUT2D eigenvalue weighted by Crippen LogP contribution is -2.14. The first-order valence-corrected chi connectivity index (χ1v) is 5.81. The molecular weight excluding hydrogens is 246 g/mol. The number of nitrogens with zero attached hydrogens (tertiary/aromatic N) is 1. The van der Waals surface area contributed by atoms with Crippen molar-refractivity contribution in [3.63, 3.8) is 0 Å². The molecule has 1 unspecified atom stereocenters. The molecule has 94 valence electrons. The fourth-order valence-electron chi connectivity index (χ4n) is 1.13. The molecule has 1 aromatic rings. The maximum atomic E-state index is 10.8. The van der Waals surface area contributed by atoms with E-state index < -0.39 is 11.0 Å². The van der Waals surface area contributed by atoms with Crippen molar-refractivity contribution in [3.05, 3.63) is 28.3 Å². The molecule has 6 nitrogen and oxygen atoms in total. The summed E-state index contributed by atoms with van der Waals surface area (Å²) in [4.78, 5) is 10.7. The van der Waals surface area contributed by atoms with Gasteiger partial charge in [-0.3, -0.25) is 10.1 Å². The van der Waals surface area contributed by atoms with Gasteiger partial charge in [0.1, 0.15) is 5.75 Å². The molecule has 1 atom stereocenters. The van der Waals surface area contributed by atoms with E-state index in [1.54, 1.807) is 0 Å². The lowest BCUT2D eigenvalue weighted by Gasteiger charge is -2.08. The van der Waals surface area contributed by atoms with Gasteiger partial charge in [0.25, 0.3) is 5.69 Å². The average molecular weight is 259 g/mol. The van der Waals surface area contributed by atoms with Crippen LogP contribution in [0.2, 0.25) is 0 Å². The Morgan fingerprint density at radius 3 is 2.82 bits per heavy atom. The van der Waals surface area contributed by atoms with Gasteiger partial charge in [0.15, 0.2) is 0 Å². The maximum Gasteiger partial charge on any atom is 0.283 e. The molecule has 0 bridgehead atoms. The largest absolute Gasteiger partial charge is 0.497 e. The molecule has 17 heavy (non-hydrogen) atoms. The first kappa shape index (κ1) is 13.8. The van der Waals surface area contributed by atoms with Crippen LogP contribution in [-0.4, -0.2) is 40.7 Å². The number of hydrogen-bond acceptors (Lipinski definition) is 6. The number of methoxy groups -OCH3 is 1. The molecule has 0 aromatic heterocycles. The standard InChI is InChI=1S/C10H13NO5S/c1-16-8-2-3-9(11(14)15)10(4-8)17-6-7(13)5-12/h2-4,7,12-13H,5-6H2,1H3. The predicted octanol–water partition coefficient (Wildman–Crippen LogP) is 1.05. The SMILES string of the molecule is COc1ccc([N+](=O)[O-])c(SCC(O)CO)c1. The summed E-state index contributed by atoms with van der Waals surface area (Å²) in [6.07, 6.45) is -0.897. The van der Waals surface area contributed by atoms with Gasteiger partial charge >= 0.3 is 0 Å². The van der Waals surface area contributed by atoms with Crippen molar-refractivity contribution in [1.29, 1.82) is 0 Å². The molecule has 2 N–H and O–H groups in total. The third kappa shape index (κ3) is 3.88. The Morgan fingerprint density at radius 1 is 1.59 bits per heavy atom. The zero-order chi connectivity index (χ0) is 12.8. The van der Waals surface area contributed by atoms with Crippen LogP contribution in [0, 0.1) is 10.1 Å². The lowest BCUT2D eigenvalue weighted by molar-refractivity contribution is -0.387. The first-order chi connectivity index (χ1) is 8.08. The third-order valence-corrected chi connectivity index (χ3v) is 3.20. The molecule has 1 aromatic carbocycles. The summed E-state index contributed by atoms with van der Waals surface area (Å²) in [5, 5.41) is 28.6. The van der Waals surface area contributed by atoms with Crippen LogP contribution in [-0.2, 0) is 0 Å². The Balaban J connectivity index is 2.89. The molecule has 0 aliphatic rings. The van der Waals surface area contributed by atoms with Crippen LogP contribution in [0.15, 0.2) is 23.1 Å². The third-order valence-electron chi connectivity index (χ3n) is 2.01. The summed E-state index contributed by atoms with van der Waals surface area (Å²) >= 11 is 1.11. The summed E-state index contributed by atoms with van der Waals surface area (Å²) < 4.78 is 4.97. The van der Waals surface area contributed by atoms with Crippen molar-refractivity contribution in [1.82, 2.24) is 0 Å². The number of hydrogen-bond donors (Lipinski definition) is 2. The van der Waals surface area contributed by atoms with E-state index in [4.69, 9.17) is 9.84 Å². The minimum atomic E-state index is -0.897. The Hall–Kier alpha value is -1.31. The molecule has 0 radical (unpaired) electrons. The molecule has 0 heterocycles. The van der Waals surface area contributed by atoms with Crippen LogP contribution in [0.4, 0.5) is 5.69 Å². The van der Waals surface area contributed by atoms with Crippen LogP contribution < -0.4 is 4.74 Å². The van der Waals surface area contributed by atoms with E-state index in [2.05, 4.69) is 0 Å². The second kappa shape index (κ2) is 6.43. The molecule has 0 aliphatic carbocycles. The number of thioether (sulfide) groups is 1. The zero-order valence-corrected chi connectivity index (χ0v) is 10.0. The highest BCUT2D eigenvalue weighted by atomic mass is 32.2. The number of rotatable bonds is 6. The molecule has 0 aliphatic heterocycles. The molecule has 0 amide bonds. The van der Waals surface area contributed by atoms with Crippen molar-refractivity contribution < 1.29 is 19.9 Å². The topological polar surface area (TPSA) is 92.8 Å². The van der Waals surface area contributed by atoms with Crippen LogP contribution in [0.5, 0.6) is 5.75 Å². The average Bonchev–Trinajstić information content (AvgIpc) is 2.35. The van der Waals surface area contributed by atoms with E-state index in [0.29, 0.717) is 10.6 Å². The number of ether oxygens (including phenoxy) is 1. The summed E-state index contributed by atoms with van der Waals surface area (Å²) in [5.74, 6) is 0.696. The Bertz CT molecular complexity index is 398. The smallest absolute Gasteiger partial charge is 0.283 e. The van der Waals surface area contributed by atoms with E-state index in [-0.39, 0.29) is 18.0 Å². The molecule has 7 heteroatoms. The van der Waals surface area contributed by atoms with Crippen LogP contribution >= 0.6 is 11.8 Å². The molecule has 1 rings (SSSR count). The van der Waals surface area contributed by atoms with Crippen molar-refractivity contribution in [3.8, 4) is 5.75 Å². The van der Waals surface area contributed by atoms with Crippen molar-refractivity contribution >= 4 is 17.4 Å². The molecule has 0 spiro atoms. The van der Waals surface area contributed by atoms with Crippen molar-refractivity contribution in [2.24, 2.45) is 0 Å². The van der Waals surface area contributed by atoms with Crippen LogP contribution in [0.1, 0.15) is 0 Å². The minimum Gasteiger partial charge on any atom is -0.497 e. The van der Waals surface area contributed by atoms with E-state index in [0.717, 1.165) is 11.8 Å². The molecule has 0 saturated heterocycles. The number of aliphatic hydroxyl groups is 2. The number of benzene rings is 1. The summed E-state index contributed by atoms with van der Waals surface area (Å²) in [6.45, 7) is -0.370. The lowest BCUT2D eigenvalue weighted by atomic mass is 10.3. The second-order valence-electron chi connectivity index (χ2n) is 3.24. The predicted molar refractivity (Wildman–Crippen MR) is 63.5 cm³/mol. The van der Waals surface area contributed by atoms with Crippen molar-refractivity contribution in [2.45, 2.75) is 11.0 Å². The molecule has 0 saturated carbocycles. The van der Waals surface area contributed by atoms with Gasteiger partial charge in [-0.05, 0) is 6.07 Å². The van der Waals surface area contributed by atoms with Gasteiger partial charge < -0.3 is 14.9 Å². The minimum absolute atomic E-state index is 0.0408. The Morgan fingerprint density at radius 2 is 2.29 bits per heavy atom. The highest BCUT2D eigenvalue weighted by Gasteiger charge is 2.16. The van der Waals surface area contributed by atoms with E-state index in [1.807, 2.05) is 0 Å². The van der Waals surface area contributed by atoms with Gasteiger partial charge in [0, 0.05) is 17.9 Å². The summed E-state index contributed by atoms with van der Waals surface area (Å²) in [5.41, 5.74) is -0.0408. The van der Waals surface area contributed by atoms with Gasteiger partial charge in [0.2, 0.25) is 0 Å². The summed E-state index contributed by atoms with van der Waals surface area (Å²) in [6, 6.07) is 4.39. The molecule has 0 fully saturated rings. The molecular formula is C10H13NO5S. The van der Waals surface area contributed by atoms with E-state index >= 15 is 0 Å². The normalized spacial score (nSPS) is 12.2. The van der Waals surface area contributed by atoms with Gasteiger partial charge in [-0.25, -0.2) is 0 Å². The number of nitro groups is 1. The van der Waals surface area contributed by atoms with Gasteiger partial charge in [0.05, 0.1) is 29.6 Å². The van der Waals surface area contributed by atoms with Gasteiger partial charge in [-0.15, -0.1) is 11.8 Å². The zero-order valence-electron chi connectivity index (χ0n) is 9.20. The van der Waals surface area contributed by atoms with E-state index in [9.17, 15) is 15.2 Å².